The molecule has 1 aliphatic carbocycles. The predicted octanol–water partition coefficient (Wildman–Crippen LogP) is 2.60. The van der Waals surface area contributed by atoms with Crippen LogP contribution in [0, 0.1) is 5.41 Å². The lowest BCUT2D eigenvalue weighted by Gasteiger charge is -2.33. The summed E-state index contributed by atoms with van der Waals surface area (Å²) in [5, 5.41) is 10.7. The van der Waals surface area contributed by atoms with Crippen LogP contribution in [0.25, 0.3) is 0 Å². The van der Waals surface area contributed by atoms with Crippen LogP contribution < -0.4 is 0 Å². The summed E-state index contributed by atoms with van der Waals surface area (Å²) >= 11 is 0. The summed E-state index contributed by atoms with van der Waals surface area (Å²) in [5.74, 6) is 0.277. The second-order valence-corrected chi connectivity index (χ2v) is 4.12. The predicted molar refractivity (Wildman–Crippen MR) is 60.3 cm³/mol. The van der Waals surface area contributed by atoms with E-state index in [9.17, 15) is 0 Å². The van der Waals surface area contributed by atoms with E-state index in [1.807, 2.05) is 6.08 Å². The molecule has 0 aliphatic heterocycles. The highest BCUT2D eigenvalue weighted by Crippen LogP contribution is 2.42. The third-order valence-corrected chi connectivity index (χ3v) is 2.94. The van der Waals surface area contributed by atoms with Gasteiger partial charge in [-0.2, -0.15) is 15.4 Å². The number of nitrogens with zero attached hydrogens (tertiary/aromatic N) is 2. The van der Waals surface area contributed by atoms with Gasteiger partial charge in [-0.15, -0.1) is 6.58 Å². The van der Waals surface area contributed by atoms with Crippen LogP contribution in [0.3, 0.4) is 0 Å². The minimum Gasteiger partial charge on any atom is -0.198 e. The molecule has 1 N–H and O–H groups in total. The number of nitrogens with one attached hydrogen (secondary N) is 1. The summed E-state index contributed by atoms with van der Waals surface area (Å²) in [4.78, 5) is 0. The lowest BCUT2D eigenvalue weighted by molar-refractivity contribution is 0.376. The highest BCUT2D eigenvalue weighted by atomic mass is 15.3. The Bertz CT molecular complexity index is 389. The Balaban J connectivity index is 2.33. The van der Waals surface area contributed by atoms with Crippen molar-refractivity contribution in [3.8, 4) is 0 Å². The van der Waals surface area contributed by atoms with Gasteiger partial charge in [0.05, 0.1) is 11.9 Å². The Hall–Kier alpha value is -1.64. The van der Waals surface area contributed by atoms with Gasteiger partial charge in [-0.05, 0) is 6.42 Å². The van der Waals surface area contributed by atoms with Gasteiger partial charge < -0.3 is 0 Å². The summed E-state index contributed by atoms with van der Waals surface area (Å²) in [6, 6.07) is 0. The quantitative estimate of drug-likeness (QED) is 0.764. The zero-order valence-electron chi connectivity index (χ0n) is 8.85. The average molecular weight is 201 g/mol. The van der Waals surface area contributed by atoms with E-state index in [4.69, 9.17) is 0 Å². The van der Waals surface area contributed by atoms with E-state index in [0.29, 0.717) is 0 Å². The van der Waals surface area contributed by atoms with Gasteiger partial charge in [0.1, 0.15) is 0 Å². The summed E-state index contributed by atoms with van der Waals surface area (Å²) in [6.45, 7) is 6.03. The van der Waals surface area contributed by atoms with Gasteiger partial charge in [-0.3, -0.25) is 0 Å². The molecular weight excluding hydrogens is 186 g/mol. The first-order chi connectivity index (χ1) is 7.26. The van der Waals surface area contributed by atoms with Gasteiger partial charge in [0, 0.05) is 11.3 Å². The number of allylic oxidation sites excluding steroid dienone is 5. The molecule has 2 unspecified atom stereocenters. The van der Waals surface area contributed by atoms with E-state index in [1.165, 1.54) is 0 Å². The van der Waals surface area contributed by atoms with Crippen LogP contribution in [0.4, 0.5) is 0 Å². The molecule has 1 aromatic rings. The van der Waals surface area contributed by atoms with E-state index in [-0.39, 0.29) is 11.3 Å². The number of hydrogen-bond donors (Lipinski definition) is 1. The fourth-order valence-corrected chi connectivity index (χ4v) is 2.08. The first-order valence-electron chi connectivity index (χ1n) is 5.09. The van der Waals surface area contributed by atoms with Crippen LogP contribution in [0.15, 0.2) is 43.2 Å². The summed E-state index contributed by atoms with van der Waals surface area (Å²) in [6.07, 6.45) is 13.2. The third-order valence-electron chi connectivity index (χ3n) is 2.94. The molecule has 0 aromatic carbocycles. The molecule has 0 saturated carbocycles. The zero-order chi connectivity index (χ0) is 10.7. The molecule has 1 aliphatic rings. The van der Waals surface area contributed by atoms with Crippen LogP contribution in [0.2, 0.25) is 0 Å². The van der Waals surface area contributed by atoms with Crippen molar-refractivity contribution < 1.29 is 0 Å². The van der Waals surface area contributed by atoms with Gasteiger partial charge in [-0.25, -0.2) is 0 Å². The van der Waals surface area contributed by atoms with Crippen molar-refractivity contribution in [3.05, 3.63) is 48.8 Å². The molecule has 2 rings (SSSR count). The first-order valence-corrected chi connectivity index (χ1v) is 5.09. The molecule has 0 fully saturated rings. The van der Waals surface area contributed by atoms with E-state index in [0.717, 1.165) is 12.1 Å². The van der Waals surface area contributed by atoms with Crippen LogP contribution in [0.1, 0.15) is 25.0 Å². The Labute approximate surface area is 89.6 Å². The molecule has 0 spiro atoms. The SMILES string of the molecule is C=CCC1(C)C=CC=CC1c1cn[nH]n1. The van der Waals surface area contributed by atoms with E-state index >= 15 is 0 Å². The van der Waals surface area contributed by atoms with Crippen LogP contribution in [0.5, 0.6) is 0 Å². The number of hydrogen-bond acceptors (Lipinski definition) is 2. The largest absolute Gasteiger partial charge is 0.198 e. The zero-order valence-corrected chi connectivity index (χ0v) is 8.85. The topological polar surface area (TPSA) is 41.6 Å². The van der Waals surface area contributed by atoms with Crippen LogP contribution in [-0.2, 0) is 0 Å². The second-order valence-electron chi connectivity index (χ2n) is 4.12. The van der Waals surface area contributed by atoms with Gasteiger partial charge in [0.2, 0.25) is 0 Å². The van der Waals surface area contributed by atoms with E-state index in [2.05, 4.69) is 53.2 Å². The fraction of sp³-hybridized carbons (Fsp3) is 0.333. The van der Waals surface area contributed by atoms with E-state index < -0.39 is 0 Å². The number of H-pyrrole nitrogens is 1. The molecule has 0 saturated heterocycles. The number of aromatic nitrogens is 3. The molecule has 2 atom stereocenters. The van der Waals surface area contributed by atoms with Crippen LogP contribution in [-0.4, -0.2) is 15.4 Å². The molecule has 0 radical (unpaired) electrons. The van der Waals surface area contributed by atoms with Crippen molar-refractivity contribution in [2.24, 2.45) is 5.41 Å². The average Bonchev–Trinajstić information content (AvgIpc) is 2.71. The monoisotopic (exact) mass is 201 g/mol. The lowest BCUT2D eigenvalue weighted by atomic mass is 9.71. The van der Waals surface area contributed by atoms with Crippen molar-refractivity contribution in [2.45, 2.75) is 19.3 Å². The van der Waals surface area contributed by atoms with Crippen molar-refractivity contribution in [1.29, 1.82) is 0 Å². The fourth-order valence-electron chi connectivity index (χ4n) is 2.08. The molecule has 78 valence electrons. The maximum Gasteiger partial charge on any atom is 0.0901 e. The van der Waals surface area contributed by atoms with Crippen molar-refractivity contribution in [3.63, 3.8) is 0 Å². The molecule has 15 heavy (non-hydrogen) atoms. The molecule has 1 aromatic heterocycles. The van der Waals surface area contributed by atoms with Gasteiger partial charge in [-0.1, -0.05) is 37.3 Å². The summed E-state index contributed by atoms with van der Waals surface area (Å²) in [5.41, 5.74) is 1.05. The maximum absolute atomic E-state index is 4.16. The molecular formula is C12H15N3. The Kier molecular flexibility index (Phi) is 2.54. The second kappa shape index (κ2) is 3.85. The van der Waals surface area contributed by atoms with Gasteiger partial charge in [0.25, 0.3) is 0 Å². The maximum atomic E-state index is 4.16. The Morgan fingerprint density at radius 1 is 1.60 bits per heavy atom. The highest BCUT2D eigenvalue weighted by molar-refractivity contribution is 5.29. The third kappa shape index (κ3) is 1.77. The number of aromatic amines is 1. The minimum absolute atomic E-state index is 0.0629. The smallest absolute Gasteiger partial charge is 0.0901 e. The Morgan fingerprint density at radius 2 is 2.47 bits per heavy atom. The summed E-state index contributed by atoms with van der Waals surface area (Å²) < 4.78 is 0. The normalized spacial score (nSPS) is 29.3. The first kappa shape index (κ1) is 9.90. The van der Waals surface area contributed by atoms with Crippen molar-refractivity contribution >= 4 is 0 Å². The standard InChI is InChI=1S/C12H15N3/c1-3-7-12(2)8-5-4-6-10(12)11-9-13-15-14-11/h3-6,8-10H,1,7H2,2H3,(H,13,14,15). The van der Waals surface area contributed by atoms with Gasteiger partial charge >= 0.3 is 0 Å². The van der Waals surface area contributed by atoms with Crippen molar-refractivity contribution in [1.82, 2.24) is 15.4 Å². The minimum atomic E-state index is 0.0629. The van der Waals surface area contributed by atoms with Crippen molar-refractivity contribution in [2.75, 3.05) is 0 Å². The molecule has 3 nitrogen and oxygen atoms in total. The number of rotatable bonds is 3. The lowest BCUT2D eigenvalue weighted by Crippen LogP contribution is -2.23. The molecule has 0 amide bonds. The summed E-state index contributed by atoms with van der Waals surface area (Å²) in [7, 11) is 0. The molecule has 0 bridgehead atoms. The van der Waals surface area contributed by atoms with Gasteiger partial charge in [0.15, 0.2) is 0 Å². The highest BCUT2D eigenvalue weighted by Gasteiger charge is 2.32. The molecule has 3 heteroatoms. The Morgan fingerprint density at radius 3 is 3.13 bits per heavy atom. The van der Waals surface area contributed by atoms with Crippen LogP contribution >= 0.6 is 0 Å². The molecule has 1 heterocycles. The van der Waals surface area contributed by atoms with E-state index in [1.54, 1.807) is 6.20 Å².